The molecule has 0 saturated heterocycles. The van der Waals surface area contributed by atoms with Crippen LogP contribution in [0.1, 0.15) is 42.5 Å². The largest absolute Gasteiger partial charge is 0.0795 e. The van der Waals surface area contributed by atoms with E-state index in [2.05, 4.69) is 68.5 Å². The van der Waals surface area contributed by atoms with Crippen LogP contribution in [0.2, 0.25) is 0 Å². The van der Waals surface area contributed by atoms with Gasteiger partial charge in [0.1, 0.15) is 0 Å². The third-order valence-corrected chi connectivity index (χ3v) is 3.94. The highest BCUT2D eigenvalue weighted by Gasteiger charge is 1.98. The van der Waals surface area contributed by atoms with Crippen LogP contribution in [0.25, 0.3) is 6.08 Å². The number of benzene rings is 2. The average molecular weight is 294 g/mol. The molecule has 108 valence electrons. The van der Waals surface area contributed by atoms with Crippen LogP contribution in [-0.2, 0) is 12.8 Å². The molecule has 0 aliphatic heterocycles. The molecule has 0 radical (unpaired) electrons. The average Bonchev–Trinajstić information content (AvgIpc) is 2.53. The molecule has 0 unspecified atom stereocenters. The number of allylic oxidation sites excluding steroid dienone is 1. The molecule has 0 bridgehead atoms. The first-order valence-corrected chi connectivity index (χ1v) is 8.04. The molecule has 2 aromatic carbocycles. The van der Waals surface area contributed by atoms with E-state index in [1.165, 1.54) is 23.1 Å². The predicted molar refractivity (Wildman–Crippen MR) is 97.0 cm³/mol. The van der Waals surface area contributed by atoms with Gasteiger partial charge in [0.05, 0.1) is 0 Å². The lowest BCUT2D eigenvalue weighted by atomic mass is 10.0. The number of rotatable bonds is 6. The van der Waals surface area contributed by atoms with Crippen molar-refractivity contribution in [1.29, 1.82) is 0 Å². The summed E-state index contributed by atoms with van der Waals surface area (Å²) in [7, 11) is 0. The van der Waals surface area contributed by atoms with Gasteiger partial charge in [-0.1, -0.05) is 87.1 Å². The van der Waals surface area contributed by atoms with Crippen molar-refractivity contribution < 1.29 is 0 Å². The molecule has 0 amide bonds. The Morgan fingerprint density at radius 1 is 1.00 bits per heavy atom. The molecule has 0 fully saturated rings. The van der Waals surface area contributed by atoms with Crippen molar-refractivity contribution in [2.45, 2.75) is 33.1 Å². The van der Waals surface area contributed by atoms with Crippen molar-refractivity contribution >= 4 is 23.2 Å². The Labute approximate surface area is 133 Å². The van der Waals surface area contributed by atoms with E-state index in [-0.39, 0.29) is 0 Å². The van der Waals surface area contributed by atoms with Crippen molar-refractivity contribution in [3.63, 3.8) is 0 Å². The fourth-order valence-corrected chi connectivity index (χ4v) is 2.52. The van der Waals surface area contributed by atoms with Crippen molar-refractivity contribution in [1.82, 2.24) is 0 Å². The van der Waals surface area contributed by atoms with Crippen LogP contribution < -0.4 is 0 Å². The van der Waals surface area contributed by atoms with E-state index >= 15 is 0 Å². The lowest BCUT2D eigenvalue weighted by molar-refractivity contribution is 0.921. The zero-order chi connectivity index (χ0) is 15.1. The minimum absolute atomic E-state index is 0.888. The molecule has 0 aromatic heterocycles. The van der Waals surface area contributed by atoms with Crippen LogP contribution in [-0.4, -0.2) is 4.86 Å². The van der Waals surface area contributed by atoms with Crippen LogP contribution in [0.5, 0.6) is 0 Å². The quantitative estimate of drug-likeness (QED) is 0.378. The summed E-state index contributed by atoms with van der Waals surface area (Å²) in [5, 5.41) is 0. The molecule has 0 spiro atoms. The maximum atomic E-state index is 5.50. The second-order valence-electron chi connectivity index (χ2n) is 5.24. The Morgan fingerprint density at radius 2 is 1.76 bits per heavy atom. The van der Waals surface area contributed by atoms with Gasteiger partial charge in [0.2, 0.25) is 0 Å². The first-order chi connectivity index (χ1) is 10.2. The van der Waals surface area contributed by atoms with Gasteiger partial charge in [0, 0.05) is 4.86 Å². The zero-order valence-corrected chi connectivity index (χ0v) is 13.6. The maximum Gasteiger partial charge on any atom is 0.0449 e. The smallest absolute Gasteiger partial charge is 0.0449 e. The van der Waals surface area contributed by atoms with Gasteiger partial charge in [0.25, 0.3) is 0 Å². The highest BCUT2D eigenvalue weighted by molar-refractivity contribution is 7.81. The molecule has 0 atom stereocenters. The van der Waals surface area contributed by atoms with Gasteiger partial charge >= 0.3 is 0 Å². The molecule has 0 nitrogen and oxygen atoms in total. The second kappa shape index (κ2) is 7.90. The number of hydrogen-bond donors (Lipinski definition) is 0. The van der Waals surface area contributed by atoms with Crippen LogP contribution in [0.3, 0.4) is 0 Å². The first-order valence-electron chi connectivity index (χ1n) is 7.63. The van der Waals surface area contributed by atoms with E-state index in [0.29, 0.717) is 0 Å². The minimum Gasteiger partial charge on any atom is -0.0795 e. The van der Waals surface area contributed by atoms with Gasteiger partial charge in [0.15, 0.2) is 0 Å². The zero-order valence-electron chi connectivity index (χ0n) is 12.8. The molecular weight excluding hydrogens is 272 g/mol. The first kappa shape index (κ1) is 15.7. The molecule has 0 saturated carbocycles. The van der Waals surface area contributed by atoms with Crippen LogP contribution in [0.4, 0.5) is 0 Å². The van der Waals surface area contributed by atoms with Crippen molar-refractivity contribution in [3.05, 3.63) is 76.9 Å². The van der Waals surface area contributed by atoms with Gasteiger partial charge in [-0.3, -0.25) is 0 Å². The van der Waals surface area contributed by atoms with Crippen molar-refractivity contribution in [2.75, 3.05) is 0 Å². The van der Waals surface area contributed by atoms with Gasteiger partial charge in [-0.15, -0.1) is 0 Å². The van der Waals surface area contributed by atoms with E-state index in [1.807, 2.05) is 6.08 Å². The molecule has 2 aromatic rings. The monoisotopic (exact) mass is 294 g/mol. The third kappa shape index (κ3) is 4.64. The lowest BCUT2D eigenvalue weighted by Crippen LogP contribution is -1.93. The molecule has 0 N–H and O–H groups in total. The summed E-state index contributed by atoms with van der Waals surface area (Å²) in [5.74, 6) is 0. The molecule has 0 aliphatic rings. The summed E-state index contributed by atoms with van der Waals surface area (Å²) in [5.41, 5.74) is 5.06. The van der Waals surface area contributed by atoms with Gasteiger partial charge in [-0.25, -0.2) is 0 Å². The SMILES string of the molecule is CCCc1cccc(C=CC(=S)c2ccc(CC)cc2)c1. The van der Waals surface area contributed by atoms with E-state index in [9.17, 15) is 0 Å². The van der Waals surface area contributed by atoms with E-state index < -0.39 is 0 Å². The number of aryl methyl sites for hydroxylation is 2. The van der Waals surface area contributed by atoms with Gasteiger partial charge in [-0.05, 0) is 41.2 Å². The molecule has 0 heterocycles. The molecule has 1 heteroatoms. The molecular formula is C20H22S. The van der Waals surface area contributed by atoms with E-state index in [0.717, 1.165) is 23.3 Å². The lowest BCUT2D eigenvalue weighted by Gasteiger charge is -2.02. The van der Waals surface area contributed by atoms with Crippen molar-refractivity contribution in [3.8, 4) is 0 Å². The van der Waals surface area contributed by atoms with Gasteiger partial charge in [-0.2, -0.15) is 0 Å². The normalized spacial score (nSPS) is 11.0. The Bertz CT molecular complexity index is 621. The molecule has 21 heavy (non-hydrogen) atoms. The predicted octanol–water partition coefficient (Wildman–Crippen LogP) is 5.63. The Hall–Kier alpha value is -1.73. The molecule has 0 aliphatic carbocycles. The summed E-state index contributed by atoms with van der Waals surface area (Å²) in [4.78, 5) is 0.888. The third-order valence-electron chi connectivity index (χ3n) is 3.56. The number of hydrogen-bond acceptors (Lipinski definition) is 1. The van der Waals surface area contributed by atoms with E-state index in [1.54, 1.807) is 0 Å². The van der Waals surface area contributed by atoms with Crippen molar-refractivity contribution in [2.24, 2.45) is 0 Å². The summed E-state index contributed by atoms with van der Waals surface area (Å²) in [6.45, 7) is 4.37. The maximum absolute atomic E-state index is 5.50. The Morgan fingerprint density at radius 3 is 2.43 bits per heavy atom. The highest BCUT2D eigenvalue weighted by atomic mass is 32.1. The summed E-state index contributed by atoms with van der Waals surface area (Å²) in [6.07, 6.45) is 7.50. The topological polar surface area (TPSA) is 0 Å². The second-order valence-corrected chi connectivity index (χ2v) is 5.68. The fourth-order valence-electron chi connectivity index (χ4n) is 2.31. The highest BCUT2D eigenvalue weighted by Crippen LogP contribution is 2.12. The Kier molecular flexibility index (Phi) is 5.89. The summed E-state index contributed by atoms with van der Waals surface area (Å²) >= 11 is 5.50. The van der Waals surface area contributed by atoms with Crippen LogP contribution >= 0.6 is 12.2 Å². The summed E-state index contributed by atoms with van der Waals surface area (Å²) in [6, 6.07) is 17.2. The number of thiocarbonyl (C=S) groups is 1. The standard InChI is InChI=1S/C20H22S/c1-3-6-17-7-5-8-18(15-17)11-14-20(21)19-12-9-16(4-2)10-13-19/h5,7-15H,3-4,6H2,1-2H3. The van der Waals surface area contributed by atoms with E-state index in [4.69, 9.17) is 12.2 Å². The summed E-state index contributed by atoms with van der Waals surface area (Å²) < 4.78 is 0. The van der Waals surface area contributed by atoms with Gasteiger partial charge < -0.3 is 0 Å². The fraction of sp³-hybridized carbons (Fsp3) is 0.250. The minimum atomic E-state index is 0.888. The molecule has 2 rings (SSSR count). The van der Waals surface area contributed by atoms with Crippen LogP contribution in [0, 0.1) is 0 Å². The van der Waals surface area contributed by atoms with Crippen LogP contribution in [0.15, 0.2) is 54.6 Å². The Balaban J connectivity index is 2.08.